The van der Waals surface area contributed by atoms with Gasteiger partial charge in [0.25, 0.3) is 0 Å². The Kier molecular flexibility index (Phi) is 4.26. The fraction of sp³-hybridized carbons (Fsp3) is 0.733. The molecular weight excluding hydrogens is 268 g/mol. The number of aliphatic hydroxyl groups excluding tert-OH is 2. The summed E-state index contributed by atoms with van der Waals surface area (Å²) in [5.41, 5.74) is 1.03. The molecule has 6 heteroatoms. The van der Waals surface area contributed by atoms with E-state index in [4.69, 9.17) is 4.98 Å². The molecule has 1 aromatic heterocycles. The topological polar surface area (TPSA) is 72.7 Å². The zero-order valence-electron chi connectivity index (χ0n) is 12.6. The standard InChI is InChI=1S/C15H24N4O2/c1-11-8-16-15(19-7-3-5-13(21)10-19)17-14(11)18-6-2-4-12(20)9-18/h8,12-13,20-21H,2-7,9-10H2,1H3. The van der Waals surface area contributed by atoms with Gasteiger partial charge in [0, 0.05) is 37.9 Å². The maximum atomic E-state index is 9.86. The van der Waals surface area contributed by atoms with E-state index in [1.807, 2.05) is 13.1 Å². The molecule has 0 aromatic carbocycles. The van der Waals surface area contributed by atoms with Crippen LogP contribution in [0.3, 0.4) is 0 Å². The average Bonchev–Trinajstić information content (AvgIpc) is 2.47. The molecule has 0 spiro atoms. The molecule has 0 aliphatic carbocycles. The monoisotopic (exact) mass is 292 g/mol. The zero-order chi connectivity index (χ0) is 14.8. The van der Waals surface area contributed by atoms with E-state index in [9.17, 15) is 10.2 Å². The molecule has 21 heavy (non-hydrogen) atoms. The molecule has 2 N–H and O–H groups in total. The largest absolute Gasteiger partial charge is 0.391 e. The molecule has 3 heterocycles. The predicted octanol–water partition coefficient (Wildman–Crippen LogP) is 0.707. The van der Waals surface area contributed by atoms with Crippen molar-refractivity contribution in [2.75, 3.05) is 36.0 Å². The first kappa shape index (κ1) is 14.5. The first-order chi connectivity index (χ1) is 10.1. The smallest absolute Gasteiger partial charge is 0.227 e. The summed E-state index contributed by atoms with van der Waals surface area (Å²) in [6.45, 7) is 5.06. The van der Waals surface area contributed by atoms with Crippen LogP contribution in [0.1, 0.15) is 31.2 Å². The fourth-order valence-electron chi connectivity index (χ4n) is 3.18. The molecule has 116 valence electrons. The van der Waals surface area contributed by atoms with E-state index in [1.165, 1.54) is 0 Å². The molecule has 3 rings (SSSR count). The summed E-state index contributed by atoms with van der Waals surface area (Å²) in [7, 11) is 0. The first-order valence-electron chi connectivity index (χ1n) is 7.83. The molecule has 2 atom stereocenters. The van der Waals surface area contributed by atoms with Crippen molar-refractivity contribution in [1.29, 1.82) is 0 Å². The summed E-state index contributed by atoms with van der Waals surface area (Å²) < 4.78 is 0. The maximum Gasteiger partial charge on any atom is 0.227 e. The summed E-state index contributed by atoms with van der Waals surface area (Å²) in [6, 6.07) is 0. The van der Waals surface area contributed by atoms with Crippen LogP contribution < -0.4 is 9.80 Å². The molecule has 2 unspecified atom stereocenters. The van der Waals surface area contributed by atoms with Gasteiger partial charge in [0.1, 0.15) is 5.82 Å². The highest BCUT2D eigenvalue weighted by atomic mass is 16.3. The SMILES string of the molecule is Cc1cnc(N2CCCC(O)C2)nc1N1CCCC(O)C1. The van der Waals surface area contributed by atoms with Crippen molar-refractivity contribution in [3.8, 4) is 0 Å². The normalized spacial score (nSPS) is 27.0. The maximum absolute atomic E-state index is 9.86. The second-order valence-corrected chi connectivity index (χ2v) is 6.16. The third-order valence-corrected chi connectivity index (χ3v) is 4.31. The van der Waals surface area contributed by atoms with Gasteiger partial charge in [0.05, 0.1) is 12.2 Å². The molecule has 2 fully saturated rings. The molecule has 0 bridgehead atoms. The Balaban J connectivity index is 1.82. The fourth-order valence-corrected chi connectivity index (χ4v) is 3.18. The highest BCUT2D eigenvalue weighted by Crippen LogP contribution is 2.24. The lowest BCUT2D eigenvalue weighted by Gasteiger charge is -2.34. The Bertz CT molecular complexity index is 497. The van der Waals surface area contributed by atoms with Crippen LogP contribution in [0.15, 0.2) is 6.20 Å². The number of aromatic nitrogens is 2. The van der Waals surface area contributed by atoms with Gasteiger partial charge in [-0.25, -0.2) is 4.98 Å². The summed E-state index contributed by atoms with van der Waals surface area (Å²) in [4.78, 5) is 13.3. The van der Waals surface area contributed by atoms with Crippen LogP contribution in [0, 0.1) is 6.92 Å². The van der Waals surface area contributed by atoms with Crippen LogP contribution in [0.25, 0.3) is 0 Å². The molecule has 2 aliphatic rings. The van der Waals surface area contributed by atoms with Crippen LogP contribution in [-0.4, -0.2) is 58.6 Å². The summed E-state index contributed by atoms with van der Waals surface area (Å²) in [5, 5.41) is 19.7. The molecule has 0 radical (unpaired) electrons. The second kappa shape index (κ2) is 6.15. The summed E-state index contributed by atoms with van der Waals surface area (Å²) >= 11 is 0. The van der Waals surface area contributed by atoms with E-state index < -0.39 is 0 Å². The molecule has 1 aromatic rings. The number of anilines is 2. The van der Waals surface area contributed by atoms with Gasteiger partial charge in [-0.15, -0.1) is 0 Å². The molecule has 0 amide bonds. The minimum absolute atomic E-state index is 0.270. The van der Waals surface area contributed by atoms with E-state index in [2.05, 4.69) is 14.8 Å². The molecule has 2 aliphatic heterocycles. The van der Waals surface area contributed by atoms with Crippen LogP contribution in [-0.2, 0) is 0 Å². The van der Waals surface area contributed by atoms with Gasteiger partial charge >= 0.3 is 0 Å². The number of rotatable bonds is 2. The van der Waals surface area contributed by atoms with Gasteiger partial charge in [-0.05, 0) is 32.6 Å². The predicted molar refractivity (Wildman–Crippen MR) is 81.7 cm³/mol. The van der Waals surface area contributed by atoms with Crippen LogP contribution in [0.5, 0.6) is 0 Å². The van der Waals surface area contributed by atoms with Crippen molar-refractivity contribution in [1.82, 2.24) is 9.97 Å². The Morgan fingerprint density at radius 3 is 2.33 bits per heavy atom. The van der Waals surface area contributed by atoms with Gasteiger partial charge < -0.3 is 20.0 Å². The van der Waals surface area contributed by atoms with Crippen LogP contribution in [0.4, 0.5) is 11.8 Å². The lowest BCUT2D eigenvalue weighted by Crippen LogP contribution is -2.41. The van der Waals surface area contributed by atoms with Gasteiger partial charge in [0.15, 0.2) is 0 Å². The third kappa shape index (κ3) is 3.27. The molecule has 0 saturated carbocycles. The van der Waals surface area contributed by atoms with Crippen molar-refractivity contribution in [3.63, 3.8) is 0 Å². The number of β-amino-alcohol motifs (C(OH)–C–C–N with tert-alkyl or cyclic N) is 2. The number of piperidine rings is 2. The minimum atomic E-state index is -0.288. The van der Waals surface area contributed by atoms with E-state index in [0.717, 1.165) is 50.2 Å². The van der Waals surface area contributed by atoms with Crippen molar-refractivity contribution in [2.24, 2.45) is 0 Å². The van der Waals surface area contributed by atoms with Gasteiger partial charge in [-0.2, -0.15) is 4.98 Å². The molecule has 6 nitrogen and oxygen atoms in total. The molecule has 2 saturated heterocycles. The lowest BCUT2D eigenvalue weighted by molar-refractivity contribution is 0.153. The molecular formula is C15H24N4O2. The van der Waals surface area contributed by atoms with E-state index in [1.54, 1.807) is 0 Å². The van der Waals surface area contributed by atoms with Gasteiger partial charge in [-0.1, -0.05) is 0 Å². The minimum Gasteiger partial charge on any atom is -0.391 e. The Labute approximate surface area is 125 Å². The zero-order valence-corrected chi connectivity index (χ0v) is 12.6. The van der Waals surface area contributed by atoms with Crippen LogP contribution >= 0.6 is 0 Å². The van der Waals surface area contributed by atoms with E-state index in [-0.39, 0.29) is 12.2 Å². The van der Waals surface area contributed by atoms with E-state index in [0.29, 0.717) is 19.0 Å². The lowest BCUT2D eigenvalue weighted by atomic mass is 10.1. The highest BCUT2D eigenvalue weighted by Gasteiger charge is 2.24. The quantitative estimate of drug-likeness (QED) is 0.836. The Morgan fingerprint density at radius 1 is 1.05 bits per heavy atom. The first-order valence-corrected chi connectivity index (χ1v) is 7.83. The number of hydrogen-bond acceptors (Lipinski definition) is 6. The van der Waals surface area contributed by atoms with Crippen molar-refractivity contribution >= 4 is 11.8 Å². The number of aliphatic hydroxyl groups is 2. The highest BCUT2D eigenvalue weighted by molar-refractivity contribution is 5.50. The Hall–Kier alpha value is -1.40. The van der Waals surface area contributed by atoms with Crippen molar-refractivity contribution < 1.29 is 10.2 Å². The van der Waals surface area contributed by atoms with E-state index >= 15 is 0 Å². The summed E-state index contributed by atoms with van der Waals surface area (Å²) in [5.74, 6) is 1.60. The number of hydrogen-bond donors (Lipinski definition) is 2. The third-order valence-electron chi connectivity index (χ3n) is 4.31. The Morgan fingerprint density at radius 2 is 1.67 bits per heavy atom. The number of nitrogens with zero attached hydrogens (tertiary/aromatic N) is 4. The van der Waals surface area contributed by atoms with Gasteiger partial charge in [0.2, 0.25) is 5.95 Å². The number of aryl methyl sites for hydroxylation is 1. The van der Waals surface area contributed by atoms with Crippen LogP contribution in [0.2, 0.25) is 0 Å². The van der Waals surface area contributed by atoms with Gasteiger partial charge in [-0.3, -0.25) is 0 Å². The van der Waals surface area contributed by atoms with Crippen molar-refractivity contribution in [3.05, 3.63) is 11.8 Å². The summed E-state index contributed by atoms with van der Waals surface area (Å²) in [6.07, 6.45) is 4.97. The second-order valence-electron chi connectivity index (χ2n) is 6.16. The average molecular weight is 292 g/mol. The van der Waals surface area contributed by atoms with Crippen molar-refractivity contribution in [2.45, 2.75) is 44.8 Å².